The Morgan fingerprint density at radius 1 is 1.20 bits per heavy atom. The molecule has 0 bridgehead atoms. The van der Waals surface area contributed by atoms with Crippen LogP contribution in [0.3, 0.4) is 0 Å². The number of hydrogen-bond acceptors (Lipinski definition) is 2. The van der Waals surface area contributed by atoms with Crippen molar-refractivity contribution < 1.29 is 0 Å². The molecule has 1 saturated carbocycles. The predicted molar refractivity (Wildman–Crippen MR) is 84.8 cm³/mol. The molecule has 0 radical (unpaired) electrons. The van der Waals surface area contributed by atoms with Crippen molar-refractivity contribution >= 4 is 0 Å². The zero-order valence-corrected chi connectivity index (χ0v) is 12.7. The molecule has 1 heterocycles. The van der Waals surface area contributed by atoms with E-state index in [2.05, 4.69) is 47.5 Å². The van der Waals surface area contributed by atoms with Crippen LogP contribution in [0.5, 0.6) is 0 Å². The van der Waals surface area contributed by atoms with Gasteiger partial charge in [0.2, 0.25) is 0 Å². The highest BCUT2D eigenvalue weighted by Gasteiger charge is 2.35. The molecule has 20 heavy (non-hydrogen) atoms. The van der Waals surface area contributed by atoms with E-state index < -0.39 is 0 Å². The summed E-state index contributed by atoms with van der Waals surface area (Å²) < 4.78 is 0. The summed E-state index contributed by atoms with van der Waals surface area (Å²) in [5, 5.41) is 3.57. The fraction of sp³-hybridized carbons (Fsp3) is 0.667. The van der Waals surface area contributed by atoms with Gasteiger partial charge in [0.25, 0.3) is 0 Å². The highest BCUT2D eigenvalue weighted by molar-refractivity contribution is 5.19. The molecule has 2 atom stereocenters. The van der Waals surface area contributed by atoms with Gasteiger partial charge in [-0.2, -0.15) is 0 Å². The molecule has 1 aliphatic carbocycles. The largest absolute Gasteiger partial charge is 0.316 e. The lowest BCUT2D eigenvalue weighted by Crippen LogP contribution is -2.40. The van der Waals surface area contributed by atoms with E-state index in [1.165, 1.54) is 57.3 Å². The average molecular weight is 272 g/mol. The summed E-state index contributed by atoms with van der Waals surface area (Å²) in [6.45, 7) is 6.06. The first-order valence-electron chi connectivity index (χ1n) is 8.40. The van der Waals surface area contributed by atoms with Gasteiger partial charge in [-0.1, -0.05) is 37.3 Å². The van der Waals surface area contributed by atoms with Crippen molar-refractivity contribution in [1.82, 2.24) is 10.2 Å². The Morgan fingerprint density at radius 2 is 2.00 bits per heavy atom. The molecular formula is C18H28N2. The lowest BCUT2D eigenvalue weighted by atomic mass is 9.96. The van der Waals surface area contributed by atoms with Gasteiger partial charge in [0.05, 0.1) is 0 Å². The molecule has 0 aromatic heterocycles. The zero-order chi connectivity index (χ0) is 13.8. The van der Waals surface area contributed by atoms with Gasteiger partial charge >= 0.3 is 0 Å². The van der Waals surface area contributed by atoms with Crippen LogP contribution in [0.1, 0.15) is 50.6 Å². The van der Waals surface area contributed by atoms with Crippen LogP contribution in [0.4, 0.5) is 0 Å². The van der Waals surface area contributed by atoms with Gasteiger partial charge in [-0.15, -0.1) is 0 Å². The molecule has 2 aliphatic rings. The molecule has 1 aromatic carbocycles. The van der Waals surface area contributed by atoms with E-state index in [4.69, 9.17) is 0 Å². The van der Waals surface area contributed by atoms with Crippen LogP contribution in [0, 0.1) is 5.92 Å². The van der Waals surface area contributed by atoms with Gasteiger partial charge in [0.1, 0.15) is 0 Å². The van der Waals surface area contributed by atoms with Gasteiger partial charge in [-0.05, 0) is 56.7 Å². The van der Waals surface area contributed by atoms with Crippen LogP contribution in [-0.4, -0.2) is 30.6 Å². The molecule has 2 heteroatoms. The van der Waals surface area contributed by atoms with Gasteiger partial charge < -0.3 is 5.32 Å². The molecule has 2 nitrogen and oxygen atoms in total. The molecule has 110 valence electrons. The van der Waals surface area contributed by atoms with Crippen molar-refractivity contribution in [3.05, 3.63) is 35.9 Å². The van der Waals surface area contributed by atoms with Gasteiger partial charge in [0.15, 0.2) is 0 Å². The normalized spacial score (nSPS) is 24.8. The lowest BCUT2D eigenvalue weighted by Gasteiger charge is -2.36. The summed E-state index contributed by atoms with van der Waals surface area (Å²) >= 11 is 0. The van der Waals surface area contributed by atoms with E-state index in [1.807, 2.05) is 0 Å². The molecule has 2 unspecified atom stereocenters. The van der Waals surface area contributed by atoms with Gasteiger partial charge in [-0.25, -0.2) is 0 Å². The minimum absolute atomic E-state index is 0.616. The number of rotatable bonds is 6. The number of benzene rings is 1. The Labute approximate surface area is 123 Å². The second-order valence-corrected chi connectivity index (χ2v) is 6.48. The maximum absolute atomic E-state index is 3.57. The van der Waals surface area contributed by atoms with Crippen molar-refractivity contribution in [2.75, 3.05) is 19.6 Å². The van der Waals surface area contributed by atoms with Crippen LogP contribution < -0.4 is 5.32 Å². The number of piperidine rings is 1. The molecule has 3 rings (SSSR count). The number of hydrogen-bond donors (Lipinski definition) is 1. The van der Waals surface area contributed by atoms with E-state index in [9.17, 15) is 0 Å². The Balaban J connectivity index is 1.71. The molecule has 0 amide bonds. The Bertz CT molecular complexity index is 393. The molecule has 1 N–H and O–H groups in total. The van der Waals surface area contributed by atoms with Gasteiger partial charge in [0, 0.05) is 18.6 Å². The third-order valence-corrected chi connectivity index (χ3v) is 4.86. The first-order chi connectivity index (χ1) is 9.88. The highest BCUT2D eigenvalue weighted by Crippen LogP contribution is 2.37. The monoisotopic (exact) mass is 272 g/mol. The minimum atomic E-state index is 0.616. The third-order valence-electron chi connectivity index (χ3n) is 4.86. The van der Waals surface area contributed by atoms with E-state index in [-0.39, 0.29) is 0 Å². The standard InChI is InChI=1S/C18H28N2/c1-2-18(16-8-4-3-5-9-16)20(17-10-11-17)14-15-7-6-12-19-13-15/h3-5,8-9,15,17-19H,2,6-7,10-14H2,1H3. The summed E-state index contributed by atoms with van der Waals surface area (Å²) in [6.07, 6.45) is 6.79. The summed E-state index contributed by atoms with van der Waals surface area (Å²) in [5.74, 6) is 0.849. The third kappa shape index (κ3) is 3.42. The van der Waals surface area contributed by atoms with Crippen molar-refractivity contribution in [2.24, 2.45) is 5.92 Å². The Hall–Kier alpha value is -0.860. The van der Waals surface area contributed by atoms with Crippen LogP contribution in [0.25, 0.3) is 0 Å². The van der Waals surface area contributed by atoms with E-state index in [0.717, 1.165) is 12.0 Å². The fourth-order valence-corrected chi connectivity index (χ4v) is 3.65. The number of nitrogens with one attached hydrogen (secondary N) is 1. The van der Waals surface area contributed by atoms with Crippen LogP contribution in [-0.2, 0) is 0 Å². The fourth-order valence-electron chi connectivity index (χ4n) is 3.65. The van der Waals surface area contributed by atoms with E-state index in [0.29, 0.717) is 6.04 Å². The van der Waals surface area contributed by atoms with Crippen LogP contribution in [0.2, 0.25) is 0 Å². The van der Waals surface area contributed by atoms with E-state index >= 15 is 0 Å². The van der Waals surface area contributed by atoms with Crippen molar-refractivity contribution in [1.29, 1.82) is 0 Å². The van der Waals surface area contributed by atoms with Crippen molar-refractivity contribution in [2.45, 2.75) is 51.1 Å². The number of nitrogens with zero attached hydrogens (tertiary/aromatic N) is 1. The molecule has 2 fully saturated rings. The molecule has 0 spiro atoms. The molecular weight excluding hydrogens is 244 g/mol. The maximum atomic E-state index is 3.57. The Kier molecular flexibility index (Phi) is 4.74. The lowest BCUT2D eigenvalue weighted by molar-refractivity contribution is 0.140. The van der Waals surface area contributed by atoms with Crippen LogP contribution >= 0.6 is 0 Å². The predicted octanol–water partition coefficient (Wildman–Crippen LogP) is 3.60. The first kappa shape index (κ1) is 14.1. The van der Waals surface area contributed by atoms with E-state index in [1.54, 1.807) is 0 Å². The molecule has 1 aromatic rings. The first-order valence-corrected chi connectivity index (χ1v) is 8.40. The van der Waals surface area contributed by atoms with Gasteiger partial charge in [-0.3, -0.25) is 4.90 Å². The minimum Gasteiger partial charge on any atom is -0.316 e. The quantitative estimate of drug-likeness (QED) is 0.851. The SMILES string of the molecule is CCC(c1ccccc1)N(CC1CCCNC1)C1CC1. The molecule has 1 aliphatic heterocycles. The van der Waals surface area contributed by atoms with Crippen LogP contribution in [0.15, 0.2) is 30.3 Å². The van der Waals surface area contributed by atoms with Crippen molar-refractivity contribution in [3.8, 4) is 0 Å². The zero-order valence-electron chi connectivity index (χ0n) is 12.7. The summed E-state index contributed by atoms with van der Waals surface area (Å²) in [5.41, 5.74) is 1.51. The Morgan fingerprint density at radius 3 is 2.60 bits per heavy atom. The highest BCUT2D eigenvalue weighted by atomic mass is 15.2. The average Bonchev–Trinajstić information content (AvgIpc) is 3.34. The smallest absolute Gasteiger partial charge is 0.0348 e. The molecule has 1 saturated heterocycles. The summed E-state index contributed by atoms with van der Waals surface area (Å²) in [7, 11) is 0. The maximum Gasteiger partial charge on any atom is 0.0348 e. The topological polar surface area (TPSA) is 15.3 Å². The van der Waals surface area contributed by atoms with Crippen molar-refractivity contribution in [3.63, 3.8) is 0 Å². The summed E-state index contributed by atoms with van der Waals surface area (Å²) in [4.78, 5) is 2.81. The second-order valence-electron chi connectivity index (χ2n) is 6.48. The second kappa shape index (κ2) is 6.73. The summed E-state index contributed by atoms with van der Waals surface area (Å²) in [6, 6.07) is 12.6.